The van der Waals surface area contributed by atoms with E-state index in [4.69, 9.17) is 9.47 Å². The predicted octanol–water partition coefficient (Wildman–Crippen LogP) is 8.10. The lowest BCUT2D eigenvalue weighted by molar-refractivity contribution is -0.120. The Morgan fingerprint density at radius 2 is 1.33 bits per heavy atom. The Hall–Kier alpha value is -5.24. The molecule has 1 atom stereocenters. The molecule has 0 heterocycles. The minimum absolute atomic E-state index is 0.170. The van der Waals surface area contributed by atoms with Crippen molar-refractivity contribution in [3.8, 4) is 11.5 Å². The third-order valence-corrected chi connectivity index (χ3v) is 8.44. The summed E-state index contributed by atoms with van der Waals surface area (Å²) in [6.07, 6.45) is 6.08. The van der Waals surface area contributed by atoms with E-state index in [-0.39, 0.29) is 18.1 Å². The van der Waals surface area contributed by atoms with Crippen LogP contribution in [0, 0.1) is 0 Å². The lowest BCUT2D eigenvalue weighted by Crippen LogP contribution is -2.41. The number of hydrogen-bond donors (Lipinski definition) is 2. The van der Waals surface area contributed by atoms with Crippen molar-refractivity contribution in [2.45, 2.75) is 77.7 Å². The Morgan fingerprint density at radius 3 is 1.96 bits per heavy atom. The van der Waals surface area contributed by atoms with Gasteiger partial charge in [0.2, 0.25) is 5.91 Å². The van der Waals surface area contributed by atoms with E-state index in [1.54, 1.807) is 72.8 Å². The maximum atomic E-state index is 13.0. The van der Waals surface area contributed by atoms with Crippen molar-refractivity contribution in [1.82, 2.24) is 5.32 Å². The second kappa shape index (κ2) is 17.8. The van der Waals surface area contributed by atoms with Gasteiger partial charge in [0.1, 0.15) is 11.5 Å². The van der Waals surface area contributed by atoms with E-state index in [0.29, 0.717) is 34.9 Å². The highest BCUT2D eigenvalue weighted by atomic mass is 16.5. The molecule has 4 rings (SSSR count). The minimum Gasteiger partial charge on any atom is -0.494 e. The Labute approximate surface area is 289 Å². The molecule has 8 nitrogen and oxygen atoms in total. The number of hydrogen-bond acceptors (Lipinski definition) is 6. The molecule has 4 aromatic rings. The Bertz CT molecular complexity index is 1680. The molecule has 256 valence electrons. The molecule has 8 heteroatoms. The molecule has 0 fully saturated rings. The number of ketones is 1. The van der Waals surface area contributed by atoms with Crippen LogP contribution in [0.1, 0.15) is 91.6 Å². The standard InChI is InChI=1S/C41H46N2O6/c1-5-6-7-8-12-27-48-35-25-19-32(20-26-35)39(46)49-36-23-15-30(16-24-36)28-37(29(2)44)43-38(45)31-17-21-34(22-18-31)42-40(47)41(3,4)33-13-10-9-11-14-33/h9-11,13-26,37H,5-8,12,27-28H2,1-4H3,(H,42,47)(H,43,45)/t37-/m0/s1. The van der Waals surface area contributed by atoms with E-state index in [9.17, 15) is 19.2 Å². The number of rotatable bonds is 17. The number of carbonyl (C=O) groups is 4. The lowest BCUT2D eigenvalue weighted by atomic mass is 9.83. The third kappa shape index (κ3) is 10.9. The number of ether oxygens (including phenoxy) is 2. The van der Waals surface area contributed by atoms with E-state index in [1.807, 2.05) is 44.2 Å². The molecule has 4 aromatic carbocycles. The number of esters is 1. The SMILES string of the molecule is CCCCCCCOc1ccc(C(=O)Oc2ccc(C[C@H](NC(=O)c3ccc(NC(=O)C(C)(C)c4ccccc4)cc3)C(C)=O)cc2)cc1. The summed E-state index contributed by atoms with van der Waals surface area (Å²) in [6.45, 7) is 7.98. The zero-order valence-electron chi connectivity index (χ0n) is 28.8. The first-order chi connectivity index (χ1) is 23.6. The van der Waals surface area contributed by atoms with Crippen LogP contribution in [0.15, 0.2) is 103 Å². The second-order valence-electron chi connectivity index (χ2n) is 12.7. The van der Waals surface area contributed by atoms with Crippen LogP contribution in [0.5, 0.6) is 11.5 Å². The molecule has 0 spiro atoms. The maximum Gasteiger partial charge on any atom is 0.343 e. The van der Waals surface area contributed by atoms with Crippen molar-refractivity contribution < 1.29 is 28.7 Å². The van der Waals surface area contributed by atoms with Crippen LogP contribution in [0.2, 0.25) is 0 Å². The molecular formula is C41H46N2O6. The molecule has 0 aliphatic rings. The Balaban J connectivity index is 1.27. The van der Waals surface area contributed by atoms with E-state index in [0.717, 1.165) is 24.0 Å². The van der Waals surface area contributed by atoms with Gasteiger partial charge in [-0.2, -0.15) is 0 Å². The number of Topliss-reactive ketones (excluding diaryl/α,β-unsaturated/α-hetero) is 1. The highest BCUT2D eigenvalue weighted by molar-refractivity contribution is 6.00. The van der Waals surface area contributed by atoms with Crippen LogP contribution in [0.25, 0.3) is 0 Å². The molecule has 0 aromatic heterocycles. The van der Waals surface area contributed by atoms with E-state index in [1.165, 1.54) is 26.2 Å². The number of nitrogens with one attached hydrogen (secondary N) is 2. The van der Waals surface area contributed by atoms with Crippen LogP contribution in [-0.2, 0) is 21.4 Å². The maximum absolute atomic E-state index is 13.0. The molecule has 0 saturated carbocycles. The average molecular weight is 663 g/mol. The Kier molecular flexibility index (Phi) is 13.3. The summed E-state index contributed by atoms with van der Waals surface area (Å²) < 4.78 is 11.3. The van der Waals surface area contributed by atoms with Crippen LogP contribution in [0.4, 0.5) is 5.69 Å². The number of benzene rings is 4. The minimum atomic E-state index is -0.760. The molecule has 0 saturated heterocycles. The molecule has 0 unspecified atom stereocenters. The molecule has 0 aliphatic carbocycles. The van der Waals surface area contributed by atoms with Crippen LogP contribution in [-0.4, -0.2) is 36.2 Å². The Morgan fingerprint density at radius 1 is 0.714 bits per heavy atom. The van der Waals surface area contributed by atoms with Crippen LogP contribution in [0.3, 0.4) is 0 Å². The van der Waals surface area contributed by atoms with E-state index >= 15 is 0 Å². The number of anilines is 1. The van der Waals surface area contributed by atoms with Gasteiger partial charge in [0.25, 0.3) is 5.91 Å². The molecule has 0 aliphatic heterocycles. The van der Waals surface area contributed by atoms with Gasteiger partial charge >= 0.3 is 5.97 Å². The highest BCUT2D eigenvalue weighted by Crippen LogP contribution is 2.25. The van der Waals surface area contributed by atoms with Crippen LogP contribution >= 0.6 is 0 Å². The molecule has 0 radical (unpaired) electrons. The third-order valence-electron chi connectivity index (χ3n) is 8.44. The van der Waals surface area contributed by atoms with Gasteiger partial charge in [-0.05, 0) is 105 Å². The van der Waals surface area contributed by atoms with Gasteiger partial charge in [-0.25, -0.2) is 4.79 Å². The van der Waals surface area contributed by atoms with E-state index < -0.39 is 23.3 Å². The van der Waals surface area contributed by atoms with Crippen LogP contribution < -0.4 is 20.1 Å². The van der Waals surface area contributed by atoms with Gasteiger partial charge < -0.3 is 20.1 Å². The van der Waals surface area contributed by atoms with Crippen molar-refractivity contribution in [2.24, 2.45) is 0 Å². The van der Waals surface area contributed by atoms with Gasteiger partial charge in [0.05, 0.1) is 23.6 Å². The van der Waals surface area contributed by atoms with Gasteiger partial charge in [0.15, 0.2) is 5.78 Å². The summed E-state index contributed by atoms with van der Waals surface area (Å²) in [7, 11) is 0. The first-order valence-corrected chi connectivity index (χ1v) is 16.9. The van der Waals surface area contributed by atoms with Crippen molar-refractivity contribution in [2.75, 3.05) is 11.9 Å². The molecule has 2 N–H and O–H groups in total. The topological polar surface area (TPSA) is 111 Å². The second-order valence-corrected chi connectivity index (χ2v) is 12.7. The smallest absolute Gasteiger partial charge is 0.343 e. The van der Waals surface area contributed by atoms with E-state index in [2.05, 4.69) is 17.6 Å². The predicted molar refractivity (Wildman–Crippen MR) is 192 cm³/mol. The summed E-state index contributed by atoms with van der Waals surface area (Å²) in [5.74, 6) is -0.178. The summed E-state index contributed by atoms with van der Waals surface area (Å²) in [6, 6.07) is 29.0. The fraction of sp³-hybridized carbons (Fsp3) is 0.317. The van der Waals surface area contributed by atoms with Gasteiger partial charge in [-0.1, -0.05) is 75.1 Å². The number of amides is 2. The zero-order chi connectivity index (χ0) is 35.2. The quantitative estimate of drug-likeness (QED) is 0.0672. The highest BCUT2D eigenvalue weighted by Gasteiger charge is 2.29. The average Bonchev–Trinajstić information content (AvgIpc) is 3.11. The van der Waals surface area contributed by atoms with Gasteiger partial charge in [-0.15, -0.1) is 0 Å². The fourth-order valence-electron chi connectivity index (χ4n) is 5.19. The molecule has 0 bridgehead atoms. The van der Waals surface area contributed by atoms with Crippen molar-refractivity contribution in [1.29, 1.82) is 0 Å². The summed E-state index contributed by atoms with van der Waals surface area (Å²) in [4.78, 5) is 51.2. The van der Waals surface area contributed by atoms with Crippen molar-refractivity contribution in [3.63, 3.8) is 0 Å². The van der Waals surface area contributed by atoms with Crippen molar-refractivity contribution >= 4 is 29.3 Å². The summed E-state index contributed by atoms with van der Waals surface area (Å²) in [5, 5.41) is 5.73. The molecule has 49 heavy (non-hydrogen) atoms. The molecular weight excluding hydrogens is 616 g/mol. The molecule has 2 amide bonds. The van der Waals surface area contributed by atoms with Crippen molar-refractivity contribution in [3.05, 3.63) is 125 Å². The fourth-order valence-corrected chi connectivity index (χ4v) is 5.19. The normalized spacial score (nSPS) is 11.7. The zero-order valence-corrected chi connectivity index (χ0v) is 28.8. The lowest BCUT2D eigenvalue weighted by Gasteiger charge is -2.24. The number of carbonyl (C=O) groups excluding carboxylic acids is 4. The first kappa shape index (κ1) is 36.6. The monoisotopic (exact) mass is 662 g/mol. The summed E-state index contributed by atoms with van der Waals surface area (Å²) >= 11 is 0. The summed E-state index contributed by atoms with van der Waals surface area (Å²) in [5.41, 5.74) is 2.26. The van der Waals surface area contributed by atoms with Gasteiger partial charge in [0, 0.05) is 11.3 Å². The van der Waals surface area contributed by atoms with Gasteiger partial charge in [-0.3, -0.25) is 14.4 Å². The number of unbranched alkanes of at least 4 members (excludes halogenated alkanes) is 4. The first-order valence-electron chi connectivity index (χ1n) is 16.9. The largest absolute Gasteiger partial charge is 0.494 e.